The maximum absolute atomic E-state index is 12.6. The van der Waals surface area contributed by atoms with Gasteiger partial charge in [0.15, 0.2) is 5.54 Å². The standard InChI is InChI=1S/C20H19NO3/c1-4-16(15-12-8-9-13-17(15)23-3)20(2)19(22)24-18(21-20)14-10-6-5-7-11-14/h4-13,16H,1H2,2-3H3/t16-,20+/m1/s1. The summed E-state index contributed by atoms with van der Waals surface area (Å²) in [6, 6.07) is 17.0. The maximum Gasteiger partial charge on any atom is 0.341 e. The van der Waals surface area contributed by atoms with Crippen LogP contribution in [0, 0.1) is 0 Å². The molecular formula is C20H19NO3. The molecule has 1 aliphatic heterocycles. The van der Waals surface area contributed by atoms with Crippen LogP contribution in [-0.4, -0.2) is 24.5 Å². The van der Waals surface area contributed by atoms with E-state index < -0.39 is 11.5 Å². The highest BCUT2D eigenvalue weighted by molar-refractivity contribution is 6.08. The molecule has 0 N–H and O–H groups in total. The third-order valence-corrected chi connectivity index (χ3v) is 4.27. The van der Waals surface area contributed by atoms with Crippen molar-refractivity contribution in [3.63, 3.8) is 0 Å². The number of carbonyl (C=O) groups is 1. The monoisotopic (exact) mass is 321 g/mol. The van der Waals surface area contributed by atoms with Crippen LogP contribution in [0.5, 0.6) is 5.75 Å². The summed E-state index contributed by atoms with van der Waals surface area (Å²) in [4.78, 5) is 17.2. The number of para-hydroxylation sites is 1. The Morgan fingerprint density at radius 3 is 2.50 bits per heavy atom. The van der Waals surface area contributed by atoms with Crippen LogP contribution in [0.3, 0.4) is 0 Å². The molecule has 1 aliphatic rings. The minimum absolute atomic E-state index is 0.338. The van der Waals surface area contributed by atoms with E-state index in [1.807, 2.05) is 54.6 Å². The van der Waals surface area contributed by atoms with Gasteiger partial charge in [-0.2, -0.15) is 0 Å². The quantitative estimate of drug-likeness (QED) is 0.623. The molecule has 1 heterocycles. The van der Waals surface area contributed by atoms with Crippen LogP contribution in [0.2, 0.25) is 0 Å². The summed E-state index contributed by atoms with van der Waals surface area (Å²) < 4.78 is 10.9. The first kappa shape index (κ1) is 16.0. The van der Waals surface area contributed by atoms with Crippen molar-refractivity contribution in [2.45, 2.75) is 18.4 Å². The first-order valence-corrected chi connectivity index (χ1v) is 7.73. The second-order valence-corrected chi connectivity index (χ2v) is 5.78. The molecule has 0 unspecified atom stereocenters. The van der Waals surface area contributed by atoms with E-state index in [0.29, 0.717) is 11.6 Å². The van der Waals surface area contributed by atoms with Crippen molar-refractivity contribution >= 4 is 11.9 Å². The number of nitrogens with zero attached hydrogens (tertiary/aromatic N) is 1. The predicted octanol–water partition coefficient (Wildman–Crippen LogP) is 3.73. The van der Waals surface area contributed by atoms with Crippen LogP contribution >= 0.6 is 0 Å². The first-order chi connectivity index (χ1) is 11.6. The molecule has 0 bridgehead atoms. The Hall–Kier alpha value is -2.88. The summed E-state index contributed by atoms with van der Waals surface area (Å²) in [5, 5.41) is 0. The number of benzene rings is 2. The van der Waals surface area contributed by atoms with Gasteiger partial charge in [0.25, 0.3) is 0 Å². The van der Waals surface area contributed by atoms with E-state index in [0.717, 1.165) is 11.1 Å². The van der Waals surface area contributed by atoms with Gasteiger partial charge >= 0.3 is 5.97 Å². The lowest BCUT2D eigenvalue weighted by Crippen LogP contribution is -2.36. The highest BCUT2D eigenvalue weighted by atomic mass is 16.6. The molecule has 0 fully saturated rings. The summed E-state index contributed by atoms with van der Waals surface area (Å²) in [5.74, 6) is 0.282. The van der Waals surface area contributed by atoms with E-state index in [1.54, 1.807) is 20.1 Å². The summed E-state index contributed by atoms with van der Waals surface area (Å²) in [5.41, 5.74) is 0.548. The minimum atomic E-state index is -1.08. The van der Waals surface area contributed by atoms with Gasteiger partial charge in [0.2, 0.25) is 5.90 Å². The van der Waals surface area contributed by atoms with Gasteiger partial charge in [0, 0.05) is 17.0 Å². The molecule has 2 aromatic rings. The number of ether oxygens (including phenoxy) is 2. The van der Waals surface area contributed by atoms with Crippen LogP contribution in [0.15, 0.2) is 72.2 Å². The molecule has 2 aromatic carbocycles. The molecule has 0 aliphatic carbocycles. The number of cyclic esters (lactones) is 1. The van der Waals surface area contributed by atoms with Gasteiger partial charge in [-0.1, -0.05) is 42.5 Å². The van der Waals surface area contributed by atoms with Crippen LogP contribution in [0.1, 0.15) is 24.0 Å². The number of esters is 1. The van der Waals surface area contributed by atoms with Crippen molar-refractivity contribution in [2.24, 2.45) is 4.99 Å². The molecule has 24 heavy (non-hydrogen) atoms. The minimum Gasteiger partial charge on any atom is -0.496 e. The van der Waals surface area contributed by atoms with Gasteiger partial charge < -0.3 is 9.47 Å². The average Bonchev–Trinajstić information content (AvgIpc) is 2.92. The fourth-order valence-corrected chi connectivity index (χ4v) is 2.95. The number of hydrogen-bond donors (Lipinski definition) is 0. The lowest BCUT2D eigenvalue weighted by molar-refractivity contribution is -0.138. The highest BCUT2D eigenvalue weighted by Gasteiger charge is 2.48. The van der Waals surface area contributed by atoms with E-state index in [4.69, 9.17) is 9.47 Å². The van der Waals surface area contributed by atoms with Crippen LogP contribution in [0.25, 0.3) is 0 Å². The number of carbonyl (C=O) groups excluding carboxylic acids is 1. The van der Waals surface area contributed by atoms with Crippen molar-refractivity contribution in [3.8, 4) is 5.75 Å². The normalized spacial score (nSPS) is 20.9. The Labute approximate surface area is 141 Å². The molecule has 4 nitrogen and oxygen atoms in total. The Morgan fingerprint density at radius 2 is 1.83 bits per heavy atom. The van der Waals surface area contributed by atoms with Crippen molar-refractivity contribution in [1.29, 1.82) is 0 Å². The molecule has 0 amide bonds. The van der Waals surface area contributed by atoms with E-state index in [-0.39, 0.29) is 5.92 Å². The average molecular weight is 321 g/mol. The Balaban J connectivity index is 2.06. The summed E-state index contributed by atoms with van der Waals surface area (Å²) in [6.07, 6.45) is 1.72. The molecule has 0 saturated heterocycles. The van der Waals surface area contributed by atoms with Gasteiger partial charge in [-0.15, -0.1) is 6.58 Å². The summed E-state index contributed by atoms with van der Waals surface area (Å²) in [6.45, 7) is 5.67. The van der Waals surface area contributed by atoms with Crippen LogP contribution in [-0.2, 0) is 9.53 Å². The largest absolute Gasteiger partial charge is 0.496 e. The van der Waals surface area contributed by atoms with Crippen LogP contribution < -0.4 is 4.74 Å². The second-order valence-electron chi connectivity index (χ2n) is 5.78. The fourth-order valence-electron chi connectivity index (χ4n) is 2.95. The van der Waals surface area contributed by atoms with Crippen molar-refractivity contribution in [2.75, 3.05) is 7.11 Å². The van der Waals surface area contributed by atoms with E-state index >= 15 is 0 Å². The summed E-state index contributed by atoms with van der Waals surface area (Å²) in [7, 11) is 1.60. The van der Waals surface area contributed by atoms with E-state index in [1.165, 1.54) is 0 Å². The molecule has 3 rings (SSSR count). The molecule has 0 spiro atoms. The molecule has 4 heteroatoms. The molecule has 0 aromatic heterocycles. The maximum atomic E-state index is 12.6. The molecule has 122 valence electrons. The van der Waals surface area contributed by atoms with Crippen molar-refractivity contribution < 1.29 is 14.3 Å². The number of methoxy groups -OCH3 is 1. The Morgan fingerprint density at radius 1 is 1.17 bits per heavy atom. The van der Waals surface area contributed by atoms with Gasteiger partial charge in [-0.25, -0.2) is 9.79 Å². The first-order valence-electron chi connectivity index (χ1n) is 7.73. The van der Waals surface area contributed by atoms with Crippen molar-refractivity contribution in [1.82, 2.24) is 0 Å². The predicted molar refractivity (Wildman–Crippen MR) is 93.4 cm³/mol. The van der Waals surface area contributed by atoms with Gasteiger partial charge in [-0.05, 0) is 25.1 Å². The third-order valence-electron chi connectivity index (χ3n) is 4.27. The Bertz CT molecular complexity index is 798. The molecular weight excluding hydrogens is 302 g/mol. The van der Waals surface area contributed by atoms with Gasteiger partial charge in [0.1, 0.15) is 5.75 Å². The second kappa shape index (κ2) is 6.32. The molecule has 2 atom stereocenters. The zero-order chi connectivity index (χ0) is 17.2. The number of aliphatic imine (C=N–C) groups is 1. The molecule has 0 saturated carbocycles. The number of hydrogen-bond acceptors (Lipinski definition) is 4. The topological polar surface area (TPSA) is 47.9 Å². The smallest absolute Gasteiger partial charge is 0.341 e. The highest BCUT2D eigenvalue weighted by Crippen LogP contribution is 2.41. The summed E-state index contributed by atoms with van der Waals surface area (Å²) >= 11 is 0. The van der Waals surface area contributed by atoms with E-state index in [9.17, 15) is 4.79 Å². The third kappa shape index (κ3) is 2.60. The lowest BCUT2D eigenvalue weighted by Gasteiger charge is -2.26. The fraction of sp³-hybridized carbons (Fsp3) is 0.200. The van der Waals surface area contributed by atoms with Gasteiger partial charge in [0.05, 0.1) is 7.11 Å². The van der Waals surface area contributed by atoms with E-state index in [2.05, 4.69) is 11.6 Å². The molecule has 0 radical (unpaired) electrons. The van der Waals surface area contributed by atoms with Crippen molar-refractivity contribution in [3.05, 3.63) is 78.4 Å². The van der Waals surface area contributed by atoms with Gasteiger partial charge in [-0.3, -0.25) is 0 Å². The SMILES string of the molecule is C=C[C@H](c1ccccc1OC)[C@]1(C)N=C(c2ccccc2)OC1=O. The zero-order valence-corrected chi connectivity index (χ0v) is 13.7. The Kier molecular flexibility index (Phi) is 4.21. The lowest BCUT2D eigenvalue weighted by atomic mass is 9.81. The van der Waals surface area contributed by atoms with Crippen LogP contribution in [0.4, 0.5) is 0 Å². The number of rotatable bonds is 5. The zero-order valence-electron chi connectivity index (χ0n) is 13.7.